The molecular formula is C17H27N3O. The summed E-state index contributed by atoms with van der Waals surface area (Å²) < 4.78 is 2.00. The molecule has 1 aliphatic heterocycles. The SMILES string of the molecule is C=CCn1ncc(CN2CC[C@]3(O)CCCC[C@@H]3C2)c1C. The molecule has 2 atom stereocenters. The first-order valence-electron chi connectivity index (χ1n) is 8.19. The first kappa shape index (κ1) is 14.8. The van der Waals surface area contributed by atoms with Crippen LogP contribution in [-0.4, -0.2) is 38.5 Å². The van der Waals surface area contributed by atoms with E-state index >= 15 is 0 Å². The van der Waals surface area contributed by atoms with Crippen LogP contribution in [0.3, 0.4) is 0 Å². The molecule has 1 N–H and O–H groups in total. The van der Waals surface area contributed by atoms with Gasteiger partial charge in [-0.1, -0.05) is 18.9 Å². The van der Waals surface area contributed by atoms with Crippen molar-refractivity contribution in [3.8, 4) is 0 Å². The van der Waals surface area contributed by atoms with Crippen molar-refractivity contribution in [1.82, 2.24) is 14.7 Å². The fourth-order valence-corrected chi connectivity index (χ4v) is 3.97. The van der Waals surface area contributed by atoms with Crippen molar-refractivity contribution >= 4 is 0 Å². The van der Waals surface area contributed by atoms with Gasteiger partial charge in [-0.25, -0.2) is 0 Å². The summed E-state index contributed by atoms with van der Waals surface area (Å²) in [5.74, 6) is 0.462. The van der Waals surface area contributed by atoms with Crippen molar-refractivity contribution < 1.29 is 5.11 Å². The molecule has 1 aliphatic carbocycles. The molecule has 0 amide bonds. The average molecular weight is 289 g/mol. The molecule has 0 aromatic carbocycles. The number of piperidine rings is 1. The molecular weight excluding hydrogens is 262 g/mol. The summed E-state index contributed by atoms with van der Waals surface area (Å²) in [7, 11) is 0. The van der Waals surface area contributed by atoms with E-state index in [1.54, 1.807) is 0 Å². The molecule has 2 aliphatic rings. The maximum atomic E-state index is 10.7. The summed E-state index contributed by atoms with van der Waals surface area (Å²) in [5, 5.41) is 15.2. The van der Waals surface area contributed by atoms with Crippen molar-refractivity contribution in [1.29, 1.82) is 0 Å². The molecule has 4 heteroatoms. The first-order chi connectivity index (χ1) is 10.1. The molecule has 21 heavy (non-hydrogen) atoms. The van der Waals surface area contributed by atoms with Crippen molar-refractivity contribution in [3.63, 3.8) is 0 Å². The van der Waals surface area contributed by atoms with E-state index in [2.05, 4.69) is 23.5 Å². The van der Waals surface area contributed by atoms with Gasteiger partial charge in [-0.15, -0.1) is 6.58 Å². The molecule has 0 spiro atoms. The van der Waals surface area contributed by atoms with E-state index in [0.717, 1.165) is 39.0 Å². The normalized spacial score (nSPS) is 30.1. The highest BCUT2D eigenvalue weighted by Crippen LogP contribution is 2.40. The molecule has 3 rings (SSSR count). The van der Waals surface area contributed by atoms with Crippen LogP contribution >= 0.6 is 0 Å². The number of hydrogen-bond donors (Lipinski definition) is 1. The fourth-order valence-electron chi connectivity index (χ4n) is 3.97. The Morgan fingerprint density at radius 2 is 2.33 bits per heavy atom. The summed E-state index contributed by atoms with van der Waals surface area (Å²) in [6, 6.07) is 0. The Hall–Kier alpha value is -1.13. The molecule has 2 heterocycles. The van der Waals surface area contributed by atoms with E-state index in [-0.39, 0.29) is 5.60 Å². The molecule has 2 fully saturated rings. The lowest BCUT2D eigenvalue weighted by Crippen LogP contribution is -2.52. The third-order valence-corrected chi connectivity index (χ3v) is 5.41. The van der Waals surface area contributed by atoms with Gasteiger partial charge in [-0.05, 0) is 26.2 Å². The van der Waals surface area contributed by atoms with Gasteiger partial charge < -0.3 is 5.11 Å². The van der Waals surface area contributed by atoms with E-state index in [9.17, 15) is 5.11 Å². The van der Waals surface area contributed by atoms with E-state index < -0.39 is 0 Å². The number of likely N-dealkylation sites (tertiary alicyclic amines) is 1. The second-order valence-corrected chi connectivity index (χ2v) is 6.76. The maximum Gasteiger partial charge on any atom is 0.0700 e. The minimum atomic E-state index is -0.378. The van der Waals surface area contributed by atoms with Gasteiger partial charge in [-0.3, -0.25) is 9.58 Å². The van der Waals surface area contributed by atoms with E-state index in [1.165, 1.54) is 30.5 Å². The molecule has 1 aromatic heterocycles. The highest BCUT2D eigenvalue weighted by atomic mass is 16.3. The van der Waals surface area contributed by atoms with Gasteiger partial charge in [0.05, 0.1) is 18.3 Å². The third-order valence-electron chi connectivity index (χ3n) is 5.41. The molecule has 0 unspecified atom stereocenters. The van der Waals surface area contributed by atoms with Crippen LogP contribution in [0, 0.1) is 12.8 Å². The van der Waals surface area contributed by atoms with Crippen LogP contribution in [0.2, 0.25) is 0 Å². The zero-order valence-electron chi connectivity index (χ0n) is 13.1. The lowest BCUT2D eigenvalue weighted by molar-refractivity contribution is -0.0968. The van der Waals surface area contributed by atoms with Crippen LogP contribution in [-0.2, 0) is 13.1 Å². The van der Waals surface area contributed by atoms with E-state index in [4.69, 9.17) is 0 Å². The molecule has 0 bridgehead atoms. The quantitative estimate of drug-likeness (QED) is 0.866. The number of nitrogens with zero attached hydrogens (tertiary/aromatic N) is 3. The van der Waals surface area contributed by atoms with Crippen molar-refractivity contribution in [2.75, 3.05) is 13.1 Å². The summed E-state index contributed by atoms with van der Waals surface area (Å²) in [5.41, 5.74) is 2.16. The van der Waals surface area contributed by atoms with Crippen molar-refractivity contribution in [3.05, 3.63) is 30.1 Å². The molecule has 4 nitrogen and oxygen atoms in total. The Kier molecular flexibility index (Phi) is 4.18. The molecule has 1 aromatic rings. The predicted molar refractivity (Wildman–Crippen MR) is 84.0 cm³/mol. The summed E-state index contributed by atoms with van der Waals surface area (Å²) in [6.45, 7) is 9.66. The number of aliphatic hydroxyl groups is 1. The van der Waals surface area contributed by atoms with Gasteiger partial charge >= 0.3 is 0 Å². The van der Waals surface area contributed by atoms with Crippen molar-refractivity contribution in [2.24, 2.45) is 5.92 Å². The van der Waals surface area contributed by atoms with Crippen LogP contribution in [0.1, 0.15) is 43.4 Å². The van der Waals surface area contributed by atoms with Gasteiger partial charge in [0.1, 0.15) is 0 Å². The summed E-state index contributed by atoms with van der Waals surface area (Å²) >= 11 is 0. The zero-order chi connectivity index (χ0) is 14.9. The summed E-state index contributed by atoms with van der Waals surface area (Å²) in [4.78, 5) is 2.49. The highest BCUT2D eigenvalue weighted by Gasteiger charge is 2.42. The van der Waals surface area contributed by atoms with Crippen LogP contribution in [0.4, 0.5) is 0 Å². The molecule has 1 saturated heterocycles. The topological polar surface area (TPSA) is 41.3 Å². The predicted octanol–water partition coefficient (Wildman–Crippen LogP) is 2.50. The Bertz CT molecular complexity index is 510. The number of aromatic nitrogens is 2. The van der Waals surface area contributed by atoms with Gasteiger partial charge in [0.25, 0.3) is 0 Å². The molecule has 0 radical (unpaired) electrons. The third kappa shape index (κ3) is 2.92. The van der Waals surface area contributed by atoms with E-state index in [1.807, 2.05) is 17.0 Å². The lowest BCUT2D eigenvalue weighted by Gasteiger charge is -2.47. The second-order valence-electron chi connectivity index (χ2n) is 6.76. The van der Waals surface area contributed by atoms with Crippen LogP contribution in [0.25, 0.3) is 0 Å². The van der Waals surface area contributed by atoms with Crippen molar-refractivity contribution in [2.45, 2.75) is 57.7 Å². The van der Waals surface area contributed by atoms with Gasteiger partial charge in [0, 0.05) is 36.8 Å². The minimum absolute atomic E-state index is 0.378. The van der Waals surface area contributed by atoms with Crippen LogP contribution in [0.5, 0.6) is 0 Å². The zero-order valence-corrected chi connectivity index (χ0v) is 13.1. The lowest BCUT2D eigenvalue weighted by atomic mass is 9.71. The fraction of sp³-hybridized carbons (Fsp3) is 0.706. The van der Waals surface area contributed by atoms with E-state index in [0.29, 0.717) is 5.92 Å². The smallest absolute Gasteiger partial charge is 0.0700 e. The minimum Gasteiger partial charge on any atom is -0.390 e. The number of fused-ring (bicyclic) bond motifs is 1. The molecule has 116 valence electrons. The van der Waals surface area contributed by atoms with Crippen LogP contribution in [0.15, 0.2) is 18.9 Å². The van der Waals surface area contributed by atoms with Crippen LogP contribution < -0.4 is 0 Å². The largest absolute Gasteiger partial charge is 0.390 e. The van der Waals surface area contributed by atoms with Gasteiger partial charge in [0.15, 0.2) is 0 Å². The van der Waals surface area contributed by atoms with Gasteiger partial charge in [0.2, 0.25) is 0 Å². The monoisotopic (exact) mass is 289 g/mol. The molecule has 1 saturated carbocycles. The number of rotatable bonds is 4. The van der Waals surface area contributed by atoms with Gasteiger partial charge in [-0.2, -0.15) is 5.10 Å². The Morgan fingerprint density at radius 1 is 1.48 bits per heavy atom. The first-order valence-corrected chi connectivity index (χ1v) is 8.19. The maximum absolute atomic E-state index is 10.7. The average Bonchev–Trinajstić information content (AvgIpc) is 2.81. The Labute approximate surface area is 127 Å². The summed E-state index contributed by atoms with van der Waals surface area (Å²) in [6.07, 6.45) is 9.45. The Balaban J connectivity index is 1.65. The second kappa shape index (κ2) is 5.93. The standard InChI is InChI=1S/C17H27N3O/c1-3-9-20-14(2)15(11-18-20)12-19-10-8-17(21)7-5-4-6-16(17)13-19/h3,11,16,21H,1,4-10,12-13H2,2H3/t16-,17-/m1/s1. The Morgan fingerprint density at radius 3 is 3.14 bits per heavy atom. The number of hydrogen-bond acceptors (Lipinski definition) is 3. The highest BCUT2D eigenvalue weighted by molar-refractivity contribution is 5.16. The number of allylic oxidation sites excluding steroid dienone is 1.